The van der Waals surface area contributed by atoms with Crippen LogP contribution in [0.4, 0.5) is 5.82 Å². The molecule has 0 atom stereocenters. The Hall–Kier alpha value is -2.39. The maximum absolute atomic E-state index is 9.28. The minimum Gasteiger partial charge on any atom is -0.353 e. The summed E-state index contributed by atoms with van der Waals surface area (Å²) in [5.41, 5.74) is 1.82. The van der Waals surface area contributed by atoms with E-state index in [0.29, 0.717) is 5.56 Å². The zero-order valence-electron chi connectivity index (χ0n) is 14.8. The second-order valence-corrected chi connectivity index (χ2v) is 8.13. The van der Waals surface area contributed by atoms with Crippen LogP contribution >= 0.6 is 22.9 Å². The highest BCUT2D eigenvalue weighted by molar-refractivity contribution is 7.15. The number of piperazine rings is 1. The van der Waals surface area contributed by atoms with E-state index in [1.54, 1.807) is 6.20 Å². The zero-order valence-corrected chi connectivity index (χ0v) is 16.4. The molecule has 1 aliphatic heterocycles. The predicted molar refractivity (Wildman–Crippen MR) is 111 cm³/mol. The number of pyridine rings is 1. The van der Waals surface area contributed by atoms with Gasteiger partial charge in [-0.05, 0) is 42.0 Å². The van der Waals surface area contributed by atoms with Crippen LogP contribution in [0.15, 0.2) is 54.7 Å². The second-order valence-electron chi connectivity index (χ2n) is 6.53. The number of halogens is 1. The number of anilines is 1. The van der Waals surface area contributed by atoms with Crippen molar-refractivity contribution in [3.8, 4) is 16.5 Å². The second kappa shape index (κ2) is 8.10. The molecule has 1 fully saturated rings. The van der Waals surface area contributed by atoms with Crippen molar-refractivity contribution in [2.24, 2.45) is 0 Å². The Morgan fingerprint density at radius 3 is 2.70 bits per heavy atom. The minimum absolute atomic E-state index is 0.648. The van der Waals surface area contributed by atoms with Gasteiger partial charge in [0.25, 0.3) is 0 Å². The molecule has 0 amide bonds. The van der Waals surface area contributed by atoms with Crippen molar-refractivity contribution in [3.63, 3.8) is 0 Å². The van der Waals surface area contributed by atoms with Gasteiger partial charge in [-0.25, -0.2) is 4.98 Å². The van der Waals surface area contributed by atoms with E-state index in [1.807, 2.05) is 41.7 Å². The first-order valence-corrected chi connectivity index (χ1v) is 10.1. The Morgan fingerprint density at radius 1 is 1.07 bits per heavy atom. The van der Waals surface area contributed by atoms with Crippen LogP contribution in [-0.2, 0) is 6.54 Å². The molecule has 4 rings (SSSR count). The number of rotatable bonds is 4. The minimum atomic E-state index is 0.648. The molecule has 27 heavy (non-hydrogen) atoms. The number of nitriles is 1. The third-order valence-electron chi connectivity index (χ3n) is 4.73. The van der Waals surface area contributed by atoms with Gasteiger partial charge in [0.15, 0.2) is 0 Å². The van der Waals surface area contributed by atoms with Gasteiger partial charge in [0.2, 0.25) is 0 Å². The molecule has 2 aromatic heterocycles. The number of benzene rings is 1. The summed E-state index contributed by atoms with van der Waals surface area (Å²) in [5.74, 6) is 0.805. The molecule has 0 aliphatic carbocycles. The molecule has 6 heteroatoms. The smallest absolute Gasteiger partial charge is 0.146 e. The fourth-order valence-electron chi connectivity index (χ4n) is 3.33. The van der Waals surface area contributed by atoms with Gasteiger partial charge in [0.05, 0.1) is 5.56 Å². The van der Waals surface area contributed by atoms with Gasteiger partial charge in [0, 0.05) is 53.7 Å². The van der Waals surface area contributed by atoms with Crippen LogP contribution < -0.4 is 4.90 Å². The Bertz CT molecular complexity index is 970. The van der Waals surface area contributed by atoms with E-state index in [-0.39, 0.29) is 0 Å². The van der Waals surface area contributed by atoms with Crippen LogP contribution in [0, 0.1) is 11.3 Å². The Morgan fingerprint density at radius 2 is 1.93 bits per heavy atom. The first kappa shape index (κ1) is 18.0. The van der Waals surface area contributed by atoms with Crippen LogP contribution in [0.1, 0.15) is 10.4 Å². The summed E-state index contributed by atoms with van der Waals surface area (Å²) in [5, 5.41) is 10.0. The number of hydrogen-bond donors (Lipinski definition) is 0. The highest BCUT2D eigenvalue weighted by atomic mass is 35.5. The third-order valence-corrected chi connectivity index (χ3v) is 6.08. The first-order valence-electron chi connectivity index (χ1n) is 8.90. The van der Waals surface area contributed by atoms with Crippen molar-refractivity contribution < 1.29 is 0 Å². The summed E-state index contributed by atoms with van der Waals surface area (Å²) in [6.07, 6.45) is 1.76. The monoisotopic (exact) mass is 394 g/mol. The van der Waals surface area contributed by atoms with E-state index in [9.17, 15) is 5.26 Å². The number of hydrogen-bond acceptors (Lipinski definition) is 5. The molecule has 0 unspecified atom stereocenters. The van der Waals surface area contributed by atoms with Crippen LogP contribution in [-0.4, -0.2) is 36.1 Å². The van der Waals surface area contributed by atoms with Crippen molar-refractivity contribution in [1.82, 2.24) is 9.88 Å². The fourth-order valence-corrected chi connectivity index (χ4v) is 4.57. The highest BCUT2D eigenvalue weighted by Crippen LogP contribution is 2.30. The van der Waals surface area contributed by atoms with Gasteiger partial charge in [0.1, 0.15) is 11.9 Å². The van der Waals surface area contributed by atoms with Crippen molar-refractivity contribution in [3.05, 3.63) is 70.2 Å². The van der Waals surface area contributed by atoms with Crippen LogP contribution in [0.25, 0.3) is 10.4 Å². The van der Waals surface area contributed by atoms with Gasteiger partial charge in [-0.3, -0.25) is 4.90 Å². The number of thiophene rings is 1. The van der Waals surface area contributed by atoms with Crippen molar-refractivity contribution in [2.75, 3.05) is 31.1 Å². The molecule has 1 aromatic carbocycles. The topological polar surface area (TPSA) is 43.2 Å². The molecule has 0 radical (unpaired) electrons. The summed E-state index contributed by atoms with van der Waals surface area (Å²) >= 11 is 7.93. The lowest BCUT2D eigenvalue weighted by Gasteiger charge is -2.35. The van der Waals surface area contributed by atoms with Crippen LogP contribution in [0.2, 0.25) is 5.02 Å². The van der Waals surface area contributed by atoms with E-state index in [1.165, 1.54) is 15.3 Å². The van der Waals surface area contributed by atoms with Crippen molar-refractivity contribution in [1.29, 1.82) is 5.26 Å². The summed E-state index contributed by atoms with van der Waals surface area (Å²) in [7, 11) is 0. The number of nitrogens with zero attached hydrogens (tertiary/aromatic N) is 4. The summed E-state index contributed by atoms with van der Waals surface area (Å²) in [6, 6.07) is 18.3. The van der Waals surface area contributed by atoms with Gasteiger partial charge in [-0.2, -0.15) is 5.26 Å². The molecular formula is C21H19ClN4S. The number of aromatic nitrogens is 1. The van der Waals surface area contributed by atoms with Crippen LogP contribution in [0.5, 0.6) is 0 Å². The standard InChI is InChI=1S/C21H19ClN4S/c22-18-5-1-3-16(13-18)20-7-6-19(27-20)15-25-9-11-26(12-10-25)21-17(14-23)4-2-8-24-21/h1-8,13H,9-12,15H2. The zero-order chi connectivity index (χ0) is 18.6. The molecule has 0 N–H and O–H groups in total. The highest BCUT2D eigenvalue weighted by Gasteiger charge is 2.20. The molecule has 0 spiro atoms. The molecule has 0 saturated carbocycles. The molecule has 136 valence electrons. The average molecular weight is 395 g/mol. The lowest BCUT2D eigenvalue weighted by Crippen LogP contribution is -2.46. The SMILES string of the molecule is N#Cc1cccnc1N1CCN(Cc2ccc(-c3cccc(Cl)c3)s2)CC1. The Balaban J connectivity index is 1.38. The lowest BCUT2D eigenvalue weighted by atomic mass is 10.2. The maximum Gasteiger partial charge on any atom is 0.146 e. The van der Waals surface area contributed by atoms with Gasteiger partial charge in [-0.15, -0.1) is 11.3 Å². The van der Waals surface area contributed by atoms with E-state index in [0.717, 1.165) is 43.6 Å². The molecule has 1 saturated heterocycles. The predicted octanol–water partition coefficient (Wildman–Crippen LogP) is 4.66. The van der Waals surface area contributed by atoms with Gasteiger partial charge < -0.3 is 4.90 Å². The van der Waals surface area contributed by atoms with Gasteiger partial charge in [-0.1, -0.05) is 23.7 Å². The molecule has 4 nitrogen and oxygen atoms in total. The van der Waals surface area contributed by atoms with Crippen molar-refractivity contribution >= 4 is 28.8 Å². The van der Waals surface area contributed by atoms with Gasteiger partial charge >= 0.3 is 0 Å². The third kappa shape index (κ3) is 4.14. The Kier molecular flexibility index (Phi) is 5.40. The van der Waals surface area contributed by atoms with E-state index < -0.39 is 0 Å². The first-order chi connectivity index (χ1) is 13.2. The van der Waals surface area contributed by atoms with E-state index in [4.69, 9.17) is 11.6 Å². The van der Waals surface area contributed by atoms with Crippen molar-refractivity contribution in [2.45, 2.75) is 6.54 Å². The fraction of sp³-hybridized carbons (Fsp3) is 0.238. The molecule has 3 heterocycles. The van der Waals surface area contributed by atoms with Crippen LogP contribution in [0.3, 0.4) is 0 Å². The summed E-state index contributed by atoms with van der Waals surface area (Å²) < 4.78 is 0. The summed E-state index contributed by atoms with van der Waals surface area (Å²) in [4.78, 5) is 11.7. The molecule has 0 bridgehead atoms. The van der Waals surface area contributed by atoms with E-state index in [2.05, 4.69) is 39.1 Å². The lowest BCUT2D eigenvalue weighted by molar-refractivity contribution is 0.251. The average Bonchev–Trinajstić information content (AvgIpc) is 3.17. The molecule has 3 aromatic rings. The molecular weight excluding hydrogens is 376 g/mol. The maximum atomic E-state index is 9.28. The molecule has 1 aliphatic rings. The quantitative estimate of drug-likeness (QED) is 0.645. The van der Waals surface area contributed by atoms with E-state index >= 15 is 0 Å². The normalized spacial score (nSPS) is 14.9. The Labute approximate surface area is 168 Å². The summed E-state index contributed by atoms with van der Waals surface area (Å²) in [6.45, 7) is 4.65. The largest absolute Gasteiger partial charge is 0.353 e.